The molecule has 0 fully saturated rings. The minimum atomic E-state index is -0.851. The van der Waals surface area contributed by atoms with Gasteiger partial charge in [0.15, 0.2) is 0 Å². The molecular weight excluding hydrogens is 480 g/mol. The summed E-state index contributed by atoms with van der Waals surface area (Å²) in [6.45, 7) is 10.7. The topological polar surface area (TPSA) is 113 Å². The first kappa shape index (κ1) is 30.5. The lowest BCUT2D eigenvalue weighted by molar-refractivity contribution is -0.123. The van der Waals surface area contributed by atoms with Crippen LogP contribution >= 0.6 is 0 Å². The SMILES string of the molecule is CCC(C)(C)CC(N=C(NC(=O)OCC(C)C)c1ccccc1)C(=O)NC(C#N)COCc1ccccc1. The maximum Gasteiger partial charge on any atom is 0.412 e. The number of carbonyl (C=O) groups is 2. The number of carbonyl (C=O) groups excluding carboxylic acids is 2. The van der Waals surface area contributed by atoms with Crippen molar-refractivity contribution >= 4 is 17.8 Å². The van der Waals surface area contributed by atoms with Crippen molar-refractivity contribution in [2.24, 2.45) is 16.3 Å². The van der Waals surface area contributed by atoms with E-state index >= 15 is 0 Å². The summed E-state index contributed by atoms with van der Waals surface area (Å²) in [5.74, 6) is 0.00109. The van der Waals surface area contributed by atoms with Crippen molar-refractivity contribution in [3.8, 4) is 6.07 Å². The Morgan fingerprint density at radius 1 is 1.03 bits per heavy atom. The molecule has 0 saturated heterocycles. The van der Waals surface area contributed by atoms with Gasteiger partial charge in [0.2, 0.25) is 5.91 Å². The standard InChI is InChI=1S/C30H40N4O4/c1-6-30(4,5)17-26(28(35)32-25(18-31)21-37-20-23-13-9-7-10-14-23)33-27(24-15-11-8-12-16-24)34-29(36)38-19-22(2)3/h7-16,22,25-26H,6,17,19-21H2,1-5H3,(H,32,35)(H,33,34,36). The van der Waals surface area contributed by atoms with Gasteiger partial charge in [0.25, 0.3) is 0 Å². The van der Waals surface area contributed by atoms with Crippen LogP contribution in [0.1, 0.15) is 58.6 Å². The highest BCUT2D eigenvalue weighted by Crippen LogP contribution is 2.28. The molecule has 0 spiro atoms. The van der Waals surface area contributed by atoms with Crippen LogP contribution in [-0.4, -0.2) is 43.1 Å². The quantitative estimate of drug-likeness (QED) is 0.277. The van der Waals surface area contributed by atoms with Crippen LogP contribution in [0.2, 0.25) is 0 Å². The van der Waals surface area contributed by atoms with Gasteiger partial charge >= 0.3 is 6.09 Å². The summed E-state index contributed by atoms with van der Waals surface area (Å²) in [5, 5.41) is 15.2. The van der Waals surface area contributed by atoms with Gasteiger partial charge in [-0.25, -0.2) is 4.79 Å². The molecule has 0 saturated carbocycles. The minimum absolute atomic E-state index is 0.0378. The second-order valence-corrected chi connectivity index (χ2v) is 10.4. The molecule has 0 radical (unpaired) electrons. The number of amidine groups is 1. The molecule has 0 aliphatic heterocycles. The summed E-state index contributed by atoms with van der Waals surface area (Å²) in [6, 6.07) is 19.1. The highest BCUT2D eigenvalue weighted by atomic mass is 16.5. The van der Waals surface area contributed by atoms with Crippen molar-refractivity contribution in [2.75, 3.05) is 13.2 Å². The van der Waals surface area contributed by atoms with Gasteiger partial charge in [0.05, 0.1) is 25.9 Å². The van der Waals surface area contributed by atoms with Crippen LogP contribution in [0, 0.1) is 22.7 Å². The van der Waals surface area contributed by atoms with Crippen molar-refractivity contribution in [3.63, 3.8) is 0 Å². The normalized spacial score (nSPS) is 13.3. The molecule has 8 heteroatoms. The molecular formula is C30H40N4O4. The largest absolute Gasteiger partial charge is 0.449 e. The van der Waals surface area contributed by atoms with Crippen molar-refractivity contribution in [3.05, 3.63) is 71.8 Å². The molecule has 0 bridgehead atoms. The van der Waals surface area contributed by atoms with Gasteiger partial charge in [-0.05, 0) is 23.3 Å². The van der Waals surface area contributed by atoms with Crippen molar-refractivity contribution in [2.45, 2.75) is 66.2 Å². The molecule has 204 valence electrons. The molecule has 8 nitrogen and oxygen atoms in total. The number of benzene rings is 2. The fraction of sp³-hybridized carbons (Fsp3) is 0.467. The Morgan fingerprint density at radius 3 is 2.24 bits per heavy atom. The third-order valence-corrected chi connectivity index (χ3v) is 5.97. The molecule has 0 heterocycles. The van der Waals surface area contributed by atoms with E-state index in [1.54, 1.807) is 12.1 Å². The second kappa shape index (κ2) is 15.5. The molecule has 2 unspecified atom stereocenters. The summed E-state index contributed by atoms with van der Waals surface area (Å²) in [6.07, 6.45) is 0.593. The summed E-state index contributed by atoms with van der Waals surface area (Å²) in [5.41, 5.74) is 1.41. The maximum absolute atomic E-state index is 13.4. The van der Waals surface area contributed by atoms with Crippen LogP contribution in [-0.2, 0) is 20.9 Å². The van der Waals surface area contributed by atoms with E-state index in [1.165, 1.54) is 0 Å². The number of hydrogen-bond donors (Lipinski definition) is 2. The van der Waals surface area contributed by atoms with Crippen molar-refractivity contribution in [1.29, 1.82) is 5.26 Å². The number of alkyl carbamates (subject to hydrolysis) is 1. The number of nitrogens with zero attached hydrogens (tertiary/aromatic N) is 2. The van der Waals surface area contributed by atoms with E-state index in [2.05, 4.69) is 30.6 Å². The summed E-state index contributed by atoms with van der Waals surface area (Å²) >= 11 is 0. The van der Waals surface area contributed by atoms with Crippen LogP contribution in [0.25, 0.3) is 0 Å². The predicted octanol–water partition coefficient (Wildman–Crippen LogP) is 5.24. The van der Waals surface area contributed by atoms with Crippen LogP contribution in [0.4, 0.5) is 4.79 Å². The zero-order valence-electron chi connectivity index (χ0n) is 23.1. The average Bonchev–Trinajstić information content (AvgIpc) is 2.91. The van der Waals surface area contributed by atoms with Crippen LogP contribution in [0.3, 0.4) is 0 Å². The molecule has 2 atom stereocenters. The number of amides is 2. The van der Waals surface area contributed by atoms with Gasteiger partial charge in [-0.1, -0.05) is 102 Å². The van der Waals surface area contributed by atoms with E-state index in [9.17, 15) is 14.9 Å². The predicted molar refractivity (Wildman–Crippen MR) is 148 cm³/mol. The molecule has 2 amide bonds. The van der Waals surface area contributed by atoms with E-state index in [4.69, 9.17) is 14.5 Å². The van der Waals surface area contributed by atoms with E-state index < -0.39 is 24.1 Å². The van der Waals surface area contributed by atoms with Crippen LogP contribution in [0.5, 0.6) is 0 Å². The Balaban J connectivity index is 2.24. The lowest BCUT2D eigenvalue weighted by Crippen LogP contribution is -2.45. The molecule has 2 N–H and O–H groups in total. The summed E-state index contributed by atoms with van der Waals surface area (Å²) in [4.78, 5) is 30.7. The maximum atomic E-state index is 13.4. The average molecular weight is 521 g/mol. The van der Waals surface area contributed by atoms with Gasteiger partial charge in [-0.3, -0.25) is 15.1 Å². The van der Waals surface area contributed by atoms with E-state index in [0.29, 0.717) is 18.6 Å². The highest BCUT2D eigenvalue weighted by molar-refractivity contribution is 6.07. The second-order valence-electron chi connectivity index (χ2n) is 10.4. The van der Waals surface area contributed by atoms with Gasteiger partial charge in [-0.2, -0.15) is 5.26 Å². The number of hydrogen-bond acceptors (Lipinski definition) is 6. The van der Waals surface area contributed by atoms with Crippen LogP contribution in [0.15, 0.2) is 65.7 Å². The first-order chi connectivity index (χ1) is 18.1. The number of aliphatic imine (C=N–C) groups is 1. The molecule has 0 aliphatic rings. The molecule has 38 heavy (non-hydrogen) atoms. The van der Waals surface area contributed by atoms with Gasteiger partial charge in [-0.15, -0.1) is 0 Å². The lowest BCUT2D eigenvalue weighted by atomic mass is 9.83. The van der Waals surface area contributed by atoms with E-state index in [-0.39, 0.29) is 30.4 Å². The number of ether oxygens (including phenoxy) is 2. The number of rotatable bonds is 13. The Kier molecular flexibility index (Phi) is 12.5. The van der Waals surface area contributed by atoms with Gasteiger partial charge < -0.3 is 14.8 Å². The Morgan fingerprint density at radius 2 is 1.66 bits per heavy atom. The molecule has 2 rings (SSSR count). The third-order valence-electron chi connectivity index (χ3n) is 5.97. The number of nitrogens with one attached hydrogen (secondary N) is 2. The molecule has 2 aromatic carbocycles. The molecule has 2 aromatic rings. The van der Waals surface area contributed by atoms with E-state index in [1.807, 2.05) is 69.3 Å². The zero-order valence-corrected chi connectivity index (χ0v) is 23.1. The minimum Gasteiger partial charge on any atom is -0.449 e. The fourth-order valence-electron chi connectivity index (χ4n) is 3.42. The van der Waals surface area contributed by atoms with Crippen LogP contribution < -0.4 is 10.6 Å². The molecule has 0 aromatic heterocycles. The first-order valence-corrected chi connectivity index (χ1v) is 13.0. The van der Waals surface area contributed by atoms with Gasteiger partial charge in [0.1, 0.15) is 17.9 Å². The first-order valence-electron chi connectivity index (χ1n) is 13.0. The highest BCUT2D eigenvalue weighted by Gasteiger charge is 2.29. The number of nitriles is 1. The Bertz CT molecular complexity index is 1080. The Hall–Kier alpha value is -3.70. The summed E-state index contributed by atoms with van der Waals surface area (Å²) in [7, 11) is 0. The third kappa shape index (κ3) is 11.1. The van der Waals surface area contributed by atoms with Gasteiger partial charge in [0, 0.05) is 5.56 Å². The Labute approximate surface area is 226 Å². The summed E-state index contributed by atoms with van der Waals surface area (Å²) < 4.78 is 11.0. The lowest BCUT2D eigenvalue weighted by Gasteiger charge is -2.27. The smallest absolute Gasteiger partial charge is 0.412 e. The van der Waals surface area contributed by atoms with Crippen molar-refractivity contribution in [1.82, 2.24) is 10.6 Å². The monoisotopic (exact) mass is 520 g/mol. The molecule has 0 aliphatic carbocycles. The van der Waals surface area contributed by atoms with E-state index in [0.717, 1.165) is 12.0 Å². The van der Waals surface area contributed by atoms with Crippen molar-refractivity contribution < 1.29 is 19.1 Å². The zero-order chi connectivity index (χ0) is 28.0. The fourth-order valence-corrected chi connectivity index (χ4v) is 3.42.